The van der Waals surface area contributed by atoms with Gasteiger partial charge in [0.1, 0.15) is 0 Å². The van der Waals surface area contributed by atoms with E-state index >= 15 is 0 Å². The lowest BCUT2D eigenvalue weighted by Gasteiger charge is -2.39. The molecule has 0 aromatic heterocycles. The highest BCUT2D eigenvalue weighted by Gasteiger charge is 2.47. The minimum Gasteiger partial charge on any atom is -0.449 e. The van der Waals surface area contributed by atoms with Crippen molar-refractivity contribution in [1.29, 1.82) is 0 Å². The second-order valence-corrected chi connectivity index (χ2v) is 19.2. The molecule has 0 radical (unpaired) electrons. The van der Waals surface area contributed by atoms with E-state index in [4.69, 9.17) is 4.74 Å². The number of rotatable bonds is 7. The molecule has 0 heterocycles. The summed E-state index contributed by atoms with van der Waals surface area (Å²) in [6.07, 6.45) is 0. The highest BCUT2D eigenvalue weighted by atomic mass is 31.2. The zero-order chi connectivity index (χ0) is 30.2. The van der Waals surface area contributed by atoms with Gasteiger partial charge in [0.25, 0.3) is 0 Å². The molecular formula is C39H37O2PSi. The number of carbonyl (C=O) groups excluding carboxylic acids is 1. The summed E-state index contributed by atoms with van der Waals surface area (Å²) in [5.41, 5.74) is 3.73. The third-order valence-electron chi connectivity index (χ3n) is 7.89. The van der Waals surface area contributed by atoms with E-state index in [1.54, 1.807) is 0 Å². The normalized spacial score (nSPS) is 11.6. The first-order valence-electron chi connectivity index (χ1n) is 14.6. The topological polar surface area (TPSA) is 26.3 Å². The van der Waals surface area contributed by atoms with Crippen LogP contribution in [0.2, 0.25) is 5.04 Å². The molecule has 0 saturated carbocycles. The Morgan fingerprint density at radius 3 is 1.33 bits per heavy atom. The SMILES string of the molecule is CC(C)(C)[Si](C#CCOC(=O)C=P(c1ccccc1)(c1ccccc1)c1ccccc1)(c1ccccc1)c1ccccc1. The van der Waals surface area contributed by atoms with E-state index in [2.05, 4.69) is 117 Å². The van der Waals surface area contributed by atoms with Crippen LogP contribution in [0.25, 0.3) is 0 Å². The highest BCUT2D eigenvalue weighted by molar-refractivity contribution is 7.95. The van der Waals surface area contributed by atoms with Crippen LogP contribution in [0, 0.1) is 11.5 Å². The Balaban J connectivity index is 1.57. The summed E-state index contributed by atoms with van der Waals surface area (Å²) in [5.74, 6) is 4.78. The van der Waals surface area contributed by atoms with Crippen LogP contribution >= 0.6 is 6.89 Å². The number of esters is 1. The first-order chi connectivity index (χ1) is 20.9. The van der Waals surface area contributed by atoms with Gasteiger partial charge in [0.15, 0.2) is 6.61 Å². The molecule has 0 unspecified atom stereocenters. The fraction of sp³-hybridized carbons (Fsp3) is 0.128. The van der Waals surface area contributed by atoms with E-state index in [0.717, 1.165) is 15.9 Å². The zero-order valence-corrected chi connectivity index (χ0v) is 26.9. The van der Waals surface area contributed by atoms with Crippen molar-refractivity contribution in [2.45, 2.75) is 25.8 Å². The maximum Gasteiger partial charge on any atom is 0.332 e. The van der Waals surface area contributed by atoms with Gasteiger partial charge >= 0.3 is 5.97 Å². The smallest absolute Gasteiger partial charge is 0.332 e. The zero-order valence-electron chi connectivity index (χ0n) is 25.0. The first-order valence-corrected chi connectivity index (χ1v) is 18.4. The van der Waals surface area contributed by atoms with E-state index in [1.807, 2.05) is 72.5 Å². The van der Waals surface area contributed by atoms with Crippen LogP contribution in [-0.4, -0.2) is 26.4 Å². The largest absolute Gasteiger partial charge is 0.449 e. The van der Waals surface area contributed by atoms with Gasteiger partial charge < -0.3 is 4.74 Å². The molecule has 0 fully saturated rings. The monoisotopic (exact) mass is 596 g/mol. The molecule has 0 aliphatic heterocycles. The Bertz CT molecular complexity index is 1610. The summed E-state index contributed by atoms with van der Waals surface area (Å²) < 4.78 is 5.92. The van der Waals surface area contributed by atoms with Crippen LogP contribution in [0.5, 0.6) is 0 Å². The third-order valence-corrected chi connectivity index (χ3v) is 17.0. The van der Waals surface area contributed by atoms with E-state index < -0.39 is 15.0 Å². The number of carbonyl (C=O) groups is 1. The van der Waals surface area contributed by atoms with Crippen molar-refractivity contribution in [3.8, 4) is 11.5 Å². The molecule has 0 spiro atoms. The van der Waals surface area contributed by atoms with Crippen LogP contribution in [0.4, 0.5) is 0 Å². The second kappa shape index (κ2) is 13.3. The summed E-state index contributed by atoms with van der Waals surface area (Å²) >= 11 is 0. The van der Waals surface area contributed by atoms with Gasteiger partial charge in [-0.3, -0.25) is 0 Å². The molecule has 0 aliphatic carbocycles. The molecule has 0 amide bonds. The Hall–Kier alpha value is -4.35. The van der Waals surface area contributed by atoms with Crippen LogP contribution < -0.4 is 26.3 Å². The number of hydrogen-bond donors (Lipinski definition) is 0. The fourth-order valence-electron chi connectivity index (χ4n) is 5.87. The number of benzene rings is 5. The van der Waals surface area contributed by atoms with Crippen molar-refractivity contribution in [3.63, 3.8) is 0 Å². The molecule has 0 aliphatic rings. The van der Waals surface area contributed by atoms with Crippen molar-refractivity contribution in [2.75, 3.05) is 6.61 Å². The minimum absolute atomic E-state index is 0.0260. The molecule has 2 nitrogen and oxygen atoms in total. The van der Waals surface area contributed by atoms with E-state index in [9.17, 15) is 4.79 Å². The standard InChI is InChI=1S/C39H37O2PSi/c1-39(2,3)43(36-26-15-7-16-27-36,37-28-17-8-18-29-37)31-19-30-41-38(40)32-42(33-20-9-4-10-21-33,34-22-11-5-12-23-34)35-24-13-6-14-25-35/h4-18,20-29,32H,30H2,1-3H3. The molecule has 4 heteroatoms. The average Bonchev–Trinajstić information content (AvgIpc) is 3.05. The molecule has 214 valence electrons. The molecular weight excluding hydrogens is 559 g/mol. The van der Waals surface area contributed by atoms with Gasteiger partial charge in [0.2, 0.25) is 8.07 Å². The predicted molar refractivity (Wildman–Crippen MR) is 188 cm³/mol. The lowest BCUT2D eigenvalue weighted by Crippen LogP contribution is -2.63. The average molecular weight is 597 g/mol. The van der Waals surface area contributed by atoms with Crippen molar-refractivity contribution in [1.82, 2.24) is 0 Å². The molecule has 0 saturated heterocycles. The Morgan fingerprint density at radius 2 is 0.977 bits per heavy atom. The summed E-state index contributed by atoms with van der Waals surface area (Å²) in [6, 6.07) is 52.1. The summed E-state index contributed by atoms with van der Waals surface area (Å²) in [5, 5.41) is 5.70. The van der Waals surface area contributed by atoms with Crippen molar-refractivity contribution in [2.24, 2.45) is 0 Å². The molecule has 5 aromatic rings. The van der Waals surface area contributed by atoms with Gasteiger partial charge in [-0.25, -0.2) is 4.79 Å². The van der Waals surface area contributed by atoms with E-state index in [1.165, 1.54) is 10.4 Å². The molecule has 5 rings (SSSR count). The Kier molecular flexibility index (Phi) is 9.32. The van der Waals surface area contributed by atoms with Crippen molar-refractivity contribution in [3.05, 3.63) is 152 Å². The molecule has 0 atom stereocenters. The van der Waals surface area contributed by atoms with Crippen LogP contribution in [0.1, 0.15) is 20.8 Å². The van der Waals surface area contributed by atoms with Crippen molar-refractivity contribution < 1.29 is 9.53 Å². The second-order valence-electron chi connectivity index (χ2n) is 11.5. The predicted octanol–water partition coefficient (Wildman–Crippen LogP) is 5.93. The lowest BCUT2D eigenvalue weighted by atomic mass is 10.2. The summed E-state index contributed by atoms with van der Waals surface area (Å²) in [7, 11) is -2.58. The molecule has 0 bridgehead atoms. The molecule has 5 aromatic carbocycles. The number of ether oxygens (including phenoxy) is 1. The molecule has 43 heavy (non-hydrogen) atoms. The van der Waals surface area contributed by atoms with Crippen LogP contribution in [0.3, 0.4) is 0 Å². The van der Waals surface area contributed by atoms with Gasteiger partial charge in [-0.05, 0) is 38.2 Å². The van der Waals surface area contributed by atoms with E-state index in [0.29, 0.717) is 0 Å². The Labute approximate surface area is 257 Å². The minimum atomic E-state index is -2.58. The van der Waals surface area contributed by atoms with Gasteiger partial charge in [0, 0.05) is 5.80 Å². The number of hydrogen-bond acceptors (Lipinski definition) is 2. The first kappa shape index (κ1) is 30.1. The van der Waals surface area contributed by atoms with Crippen LogP contribution in [0.15, 0.2) is 152 Å². The maximum atomic E-state index is 13.7. The van der Waals surface area contributed by atoms with Crippen LogP contribution in [-0.2, 0) is 9.53 Å². The fourth-order valence-corrected chi connectivity index (χ4v) is 14.0. The maximum absolute atomic E-state index is 13.7. The Morgan fingerprint density at radius 1 is 0.628 bits per heavy atom. The van der Waals surface area contributed by atoms with Gasteiger partial charge in [-0.1, -0.05) is 178 Å². The van der Waals surface area contributed by atoms with E-state index in [-0.39, 0.29) is 17.6 Å². The van der Waals surface area contributed by atoms with Gasteiger partial charge in [-0.15, -0.1) is 5.54 Å². The van der Waals surface area contributed by atoms with Crippen molar-refractivity contribution >= 4 is 53.0 Å². The van der Waals surface area contributed by atoms with Gasteiger partial charge in [0.05, 0.1) is 0 Å². The summed E-state index contributed by atoms with van der Waals surface area (Å²) in [4.78, 5) is 13.7. The summed E-state index contributed by atoms with van der Waals surface area (Å²) in [6.45, 7) is 4.38. The molecule has 0 N–H and O–H groups in total. The highest BCUT2D eigenvalue weighted by Crippen LogP contribution is 2.43. The van der Waals surface area contributed by atoms with Gasteiger partial charge in [-0.2, -0.15) is 0 Å². The lowest BCUT2D eigenvalue weighted by molar-refractivity contribution is -0.133. The third kappa shape index (κ3) is 6.23. The quantitative estimate of drug-likeness (QED) is 0.101.